The molecule has 166 valence electrons. The van der Waals surface area contributed by atoms with E-state index in [0.717, 1.165) is 36.6 Å². The van der Waals surface area contributed by atoms with E-state index in [1.807, 2.05) is 12.4 Å². The number of sulfone groups is 1. The zero-order chi connectivity index (χ0) is 22.3. The summed E-state index contributed by atoms with van der Waals surface area (Å²) in [4.78, 5) is 20.3. The van der Waals surface area contributed by atoms with E-state index in [0.29, 0.717) is 35.9 Å². The largest absolute Gasteiger partial charge is 0.476 e. The van der Waals surface area contributed by atoms with E-state index >= 15 is 0 Å². The summed E-state index contributed by atoms with van der Waals surface area (Å²) in [6.07, 6.45) is 9.23. The van der Waals surface area contributed by atoms with Crippen LogP contribution in [0.4, 0.5) is 5.95 Å². The Labute approximate surface area is 187 Å². The van der Waals surface area contributed by atoms with E-state index in [1.165, 1.54) is 6.26 Å². The van der Waals surface area contributed by atoms with Gasteiger partial charge in [0.15, 0.2) is 9.84 Å². The van der Waals surface area contributed by atoms with Crippen molar-refractivity contribution in [3.8, 4) is 17.1 Å². The van der Waals surface area contributed by atoms with Crippen molar-refractivity contribution in [3.63, 3.8) is 0 Å². The summed E-state index contributed by atoms with van der Waals surface area (Å²) in [6.45, 7) is 4.68. The van der Waals surface area contributed by atoms with Crippen molar-refractivity contribution in [2.45, 2.75) is 18.2 Å². The predicted octanol–water partition coefficient (Wildman–Crippen LogP) is 2.66. The fourth-order valence-corrected chi connectivity index (χ4v) is 4.98. The van der Waals surface area contributed by atoms with E-state index < -0.39 is 9.84 Å². The van der Waals surface area contributed by atoms with Gasteiger partial charge in [0, 0.05) is 43.2 Å². The van der Waals surface area contributed by atoms with Crippen molar-refractivity contribution < 1.29 is 13.2 Å². The van der Waals surface area contributed by atoms with Crippen molar-refractivity contribution in [1.29, 1.82) is 0 Å². The van der Waals surface area contributed by atoms with Gasteiger partial charge in [-0.05, 0) is 36.0 Å². The quantitative estimate of drug-likeness (QED) is 0.541. The third-order valence-corrected chi connectivity index (χ3v) is 7.51. The lowest BCUT2D eigenvalue weighted by Crippen LogP contribution is -2.27. The Hall–Kier alpha value is -3.07. The minimum absolute atomic E-state index is 0.284. The van der Waals surface area contributed by atoms with E-state index in [-0.39, 0.29) is 4.90 Å². The first kappa shape index (κ1) is 20.8. The molecule has 1 unspecified atom stereocenters. The van der Waals surface area contributed by atoms with E-state index in [1.54, 1.807) is 36.7 Å². The highest BCUT2D eigenvalue weighted by molar-refractivity contribution is 7.90. The fourth-order valence-electron chi connectivity index (χ4n) is 4.35. The first-order chi connectivity index (χ1) is 15.4. The second-order valence-electron chi connectivity index (χ2n) is 8.49. The van der Waals surface area contributed by atoms with Gasteiger partial charge in [-0.25, -0.2) is 28.4 Å². The minimum Gasteiger partial charge on any atom is -0.476 e. The van der Waals surface area contributed by atoms with Gasteiger partial charge in [-0.1, -0.05) is 19.1 Å². The first-order valence-corrected chi connectivity index (χ1v) is 12.6. The van der Waals surface area contributed by atoms with E-state index in [2.05, 4.69) is 31.8 Å². The van der Waals surface area contributed by atoms with E-state index in [9.17, 15) is 8.42 Å². The van der Waals surface area contributed by atoms with Crippen molar-refractivity contribution in [2.75, 3.05) is 30.9 Å². The number of hydrogen-bond donors (Lipinski definition) is 0. The summed E-state index contributed by atoms with van der Waals surface area (Å²) in [5.41, 5.74) is 2.63. The number of rotatable bonds is 7. The Kier molecular flexibility index (Phi) is 5.28. The lowest BCUT2D eigenvalue weighted by atomic mass is 10.2. The maximum absolute atomic E-state index is 11.6. The summed E-state index contributed by atoms with van der Waals surface area (Å²) in [5.74, 6) is 3.09. The molecule has 32 heavy (non-hydrogen) atoms. The van der Waals surface area contributed by atoms with Crippen LogP contribution in [0.25, 0.3) is 11.3 Å². The SMILES string of the molecule is CCc1cnc(N2C[C@@H]3C(COc4cnc(-c5ccc(S(C)(=O)=O)cc5)cn4)[C@@H]3C2)nc1. The molecular formula is C23H25N5O3S. The van der Waals surface area contributed by atoms with Crippen LogP contribution in [0.15, 0.2) is 53.9 Å². The number of hydrogen-bond acceptors (Lipinski definition) is 8. The number of nitrogens with zero attached hydrogens (tertiary/aromatic N) is 5. The topological polar surface area (TPSA) is 98.2 Å². The Morgan fingerprint density at radius 2 is 1.66 bits per heavy atom. The lowest BCUT2D eigenvalue weighted by molar-refractivity contribution is 0.271. The Morgan fingerprint density at radius 1 is 0.969 bits per heavy atom. The second kappa shape index (κ2) is 8.12. The molecule has 9 heteroatoms. The summed E-state index contributed by atoms with van der Waals surface area (Å²) in [5, 5.41) is 0. The van der Waals surface area contributed by atoms with Gasteiger partial charge in [0.05, 0.1) is 29.6 Å². The molecule has 2 aliphatic rings. The Balaban J connectivity index is 1.13. The van der Waals surface area contributed by atoms with Crippen molar-refractivity contribution in [3.05, 3.63) is 54.6 Å². The van der Waals surface area contributed by atoms with Crippen LogP contribution < -0.4 is 9.64 Å². The summed E-state index contributed by atoms with van der Waals surface area (Å²) >= 11 is 0. The van der Waals surface area contributed by atoms with Crippen molar-refractivity contribution in [2.24, 2.45) is 17.8 Å². The lowest BCUT2D eigenvalue weighted by Gasteiger charge is -2.19. The number of anilines is 1. The third-order valence-electron chi connectivity index (χ3n) is 6.38. The van der Waals surface area contributed by atoms with Crippen LogP contribution in [0.5, 0.6) is 5.88 Å². The molecule has 1 aliphatic heterocycles. The number of fused-ring (bicyclic) bond motifs is 1. The minimum atomic E-state index is -3.21. The molecule has 1 aromatic carbocycles. The molecule has 0 radical (unpaired) electrons. The average molecular weight is 452 g/mol. The van der Waals surface area contributed by atoms with Crippen LogP contribution in [0.1, 0.15) is 12.5 Å². The van der Waals surface area contributed by atoms with Gasteiger partial charge in [-0.15, -0.1) is 0 Å². The maximum Gasteiger partial charge on any atom is 0.232 e. The van der Waals surface area contributed by atoms with Gasteiger partial charge in [0.25, 0.3) is 0 Å². The van der Waals surface area contributed by atoms with Crippen LogP contribution in [0.2, 0.25) is 0 Å². The molecular weight excluding hydrogens is 426 g/mol. The first-order valence-electron chi connectivity index (χ1n) is 10.7. The van der Waals surface area contributed by atoms with Gasteiger partial charge in [0.1, 0.15) is 0 Å². The van der Waals surface area contributed by atoms with Gasteiger partial charge in [-0.2, -0.15) is 0 Å². The normalized spacial score (nSPS) is 21.9. The Bertz CT molecular complexity index is 1190. The zero-order valence-corrected chi connectivity index (χ0v) is 18.9. The number of ether oxygens (including phenoxy) is 1. The predicted molar refractivity (Wildman–Crippen MR) is 120 cm³/mol. The van der Waals surface area contributed by atoms with Crippen LogP contribution in [-0.2, 0) is 16.3 Å². The summed E-state index contributed by atoms with van der Waals surface area (Å²) < 4.78 is 29.1. The third kappa shape index (κ3) is 4.17. The molecule has 5 rings (SSSR count). The molecule has 0 bridgehead atoms. The van der Waals surface area contributed by atoms with Crippen LogP contribution >= 0.6 is 0 Å². The smallest absolute Gasteiger partial charge is 0.232 e. The average Bonchev–Trinajstić information content (AvgIpc) is 3.26. The van der Waals surface area contributed by atoms with Gasteiger partial charge in [-0.3, -0.25) is 0 Å². The highest BCUT2D eigenvalue weighted by atomic mass is 32.2. The molecule has 1 saturated carbocycles. The molecule has 2 fully saturated rings. The molecule has 3 heterocycles. The molecule has 1 aliphatic carbocycles. The molecule has 0 spiro atoms. The van der Waals surface area contributed by atoms with Crippen LogP contribution in [-0.4, -0.2) is 54.3 Å². The maximum atomic E-state index is 11.6. The summed E-state index contributed by atoms with van der Waals surface area (Å²) in [6, 6.07) is 6.62. The van der Waals surface area contributed by atoms with Gasteiger partial charge in [0.2, 0.25) is 11.8 Å². The monoisotopic (exact) mass is 451 g/mol. The Morgan fingerprint density at radius 3 is 2.22 bits per heavy atom. The fraction of sp³-hybridized carbons (Fsp3) is 0.391. The van der Waals surface area contributed by atoms with Gasteiger partial charge >= 0.3 is 0 Å². The molecule has 3 aromatic rings. The van der Waals surface area contributed by atoms with Gasteiger partial charge < -0.3 is 9.64 Å². The van der Waals surface area contributed by atoms with Crippen molar-refractivity contribution >= 4 is 15.8 Å². The molecule has 0 N–H and O–H groups in total. The van der Waals surface area contributed by atoms with Crippen molar-refractivity contribution in [1.82, 2.24) is 19.9 Å². The highest BCUT2D eigenvalue weighted by Gasteiger charge is 2.56. The number of aromatic nitrogens is 4. The van der Waals surface area contributed by atoms with Crippen LogP contribution in [0.3, 0.4) is 0 Å². The second-order valence-corrected chi connectivity index (χ2v) is 10.5. The molecule has 3 atom stereocenters. The number of piperidine rings is 1. The summed E-state index contributed by atoms with van der Waals surface area (Å²) in [7, 11) is -3.21. The molecule has 8 nitrogen and oxygen atoms in total. The number of aryl methyl sites for hydroxylation is 1. The standard InChI is InChI=1S/C23H25N5O3S/c1-3-15-8-26-23(27-9-15)28-12-18-19(13-28)20(18)14-31-22-11-24-21(10-25-22)16-4-6-17(7-5-16)32(2,29)30/h4-11,18-20H,3,12-14H2,1-2H3/t18-,19+,20?. The molecule has 2 aromatic heterocycles. The van der Waals surface area contributed by atoms with E-state index in [4.69, 9.17) is 4.74 Å². The number of benzene rings is 1. The molecule has 1 saturated heterocycles. The van der Waals surface area contributed by atoms with Crippen LogP contribution in [0, 0.1) is 17.8 Å². The highest BCUT2D eigenvalue weighted by Crippen LogP contribution is 2.52. The molecule has 0 amide bonds. The zero-order valence-electron chi connectivity index (χ0n) is 18.0.